The largest absolute Gasteiger partial charge is 0.390 e. The lowest BCUT2D eigenvalue weighted by Gasteiger charge is -2.39. The highest BCUT2D eigenvalue weighted by molar-refractivity contribution is 5.17. The van der Waals surface area contributed by atoms with E-state index in [0.29, 0.717) is 12.5 Å². The molecule has 2 nitrogen and oxygen atoms in total. The zero-order valence-corrected chi connectivity index (χ0v) is 7.42. The van der Waals surface area contributed by atoms with Crippen molar-refractivity contribution in [2.24, 2.45) is 11.7 Å². The molecule has 1 saturated carbocycles. The van der Waals surface area contributed by atoms with Gasteiger partial charge in [-0.3, -0.25) is 0 Å². The molecule has 0 aromatic heterocycles. The van der Waals surface area contributed by atoms with Gasteiger partial charge in [0.1, 0.15) is 0 Å². The van der Waals surface area contributed by atoms with E-state index in [1.165, 1.54) is 12.0 Å². The molecule has 2 aliphatic carbocycles. The van der Waals surface area contributed by atoms with E-state index in [2.05, 4.69) is 6.08 Å². The molecule has 2 bridgehead atoms. The van der Waals surface area contributed by atoms with Gasteiger partial charge in [0, 0.05) is 0 Å². The Morgan fingerprint density at radius 3 is 3.17 bits per heavy atom. The van der Waals surface area contributed by atoms with Crippen LogP contribution in [0.25, 0.3) is 0 Å². The second kappa shape index (κ2) is 2.86. The van der Waals surface area contributed by atoms with Crippen molar-refractivity contribution in [3.63, 3.8) is 0 Å². The van der Waals surface area contributed by atoms with E-state index in [9.17, 15) is 5.11 Å². The van der Waals surface area contributed by atoms with Crippen LogP contribution in [0.1, 0.15) is 32.1 Å². The Kier molecular flexibility index (Phi) is 1.97. The van der Waals surface area contributed by atoms with Crippen LogP contribution in [0.5, 0.6) is 0 Å². The van der Waals surface area contributed by atoms with Crippen LogP contribution >= 0.6 is 0 Å². The van der Waals surface area contributed by atoms with Gasteiger partial charge in [-0.2, -0.15) is 0 Å². The maximum Gasteiger partial charge on any atom is 0.0690 e. The van der Waals surface area contributed by atoms with E-state index in [1.807, 2.05) is 0 Å². The summed E-state index contributed by atoms with van der Waals surface area (Å²) in [5.41, 5.74) is 6.65. The number of hydrogen-bond acceptors (Lipinski definition) is 2. The van der Waals surface area contributed by atoms with Crippen molar-refractivity contribution in [1.82, 2.24) is 0 Å². The van der Waals surface area contributed by atoms with Crippen molar-refractivity contribution in [3.05, 3.63) is 11.6 Å². The fourth-order valence-corrected chi connectivity index (χ4v) is 2.59. The fourth-order valence-electron chi connectivity index (χ4n) is 2.59. The predicted octanol–water partition coefficient (Wildman–Crippen LogP) is 1.20. The van der Waals surface area contributed by atoms with Gasteiger partial charge in [0.05, 0.1) is 5.60 Å². The van der Waals surface area contributed by atoms with Crippen LogP contribution in [0.2, 0.25) is 0 Å². The first-order valence-corrected chi connectivity index (χ1v) is 4.84. The summed E-state index contributed by atoms with van der Waals surface area (Å²) in [4.78, 5) is 0. The van der Waals surface area contributed by atoms with Crippen LogP contribution in [-0.4, -0.2) is 17.3 Å². The molecule has 2 unspecified atom stereocenters. The van der Waals surface area contributed by atoms with Crippen molar-refractivity contribution in [2.45, 2.75) is 37.7 Å². The standard InChI is InChI=1S/C10H17NO/c11-7-9-4-8-2-1-3-10(12,5-8)6-9/h4,9,12H,1-3,5-7,11H2. The van der Waals surface area contributed by atoms with Gasteiger partial charge in [0.25, 0.3) is 0 Å². The summed E-state index contributed by atoms with van der Waals surface area (Å²) in [6.45, 7) is 0.686. The molecule has 1 fully saturated rings. The molecule has 2 rings (SSSR count). The minimum Gasteiger partial charge on any atom is -0.390 e. The lowest BCUT2D eigenvalue weighted by atomic mass is 9.71. The van der Waals surface area contributed by atoms with E-state index >= 15 is 0 Å². The van der Waals surface area contributed by atoms with Crippen LogP contribution in [0.4, 0.5) is 0 Å². The van der Waals surface area contributed by atoms with Gasteiger partial charge < -0.3 is 10.8 Å². The monoisotopic (exact) mass is 167 g/mol. The van der Waals surface area contributed by atoms with Crippen LogP contribution in [-0.2, 0) is 0 Å². The molecule has 0 saturated heterocycles. The third kappa shape index (κ3) is 1.41. The van der Waals surface area contributed by atoms with Crippen LogP contribution in [0.15, 0.2) is 11.6 Å². The molecular formula is C10H17NO. The van der Waals surface area contributed by atoms with Gasteiger partial charge in [-0.15, -0.1) is 0 Å². The minimum atomic E-state index is -0.396. The highest BCUT2D eigenvalue weighted by Crippen LogP contribution is 2.41. The molecular weight excluding hydrogens is 150 g/mol. The minimum absolute atomic E-state index is 0.396. The number of nitrogens with two attached hydrogens (primary N) is 1. The Bertz CT molecular complexity index is 212. The maximum absolute atomic E-state index is 10.1. The van der Waals surface area contributed by atoms with E-state index in [1.54, 1.807) is 0 Å². The molecule has 3 N–H and O–H groups in total. The van der Waals surface area contributed by atoms with Crippen LogP contribution < -0.4 is 5.73 Å². The number of rotatable bonds is 1. The Morgan fingerprint density at radius 1 is 1.67 bits per heavy atom. The summed E-state index contributed by atoms with van der Waals surface area (Å²) in [5, 5.41) is 10.1. The molecule has 0 aliphatic heterocycles. The predicted molar refractivity (Wildman–Crippen MR) is 48.7 cm³/mol. The second-order valence-electron chi connectivity index (χ2n) is 4.28. The molecule has 0 amide bonds. The summed E-state index contributed by atoms with van der Waals surface area (Å²) >= 11 is 0. The zero-order chi connectivity index (χ0) is 8.60. The fraction of sp³-hybridized carbons (Fsp3) is 0.800. The molecule has 2 atom stereocenters. The summed E-state index contributed by atoms with van der Waals surface area (Å²) in [7, 11) is 0. The summed E-state index contributed by atoms with van der Waals surface area (Å²) < 4.78 is 0. The average molecular weight is 167 g/mol. The summed E-state index contributed by atoms with van der Waals surface area (Å²) in [6.07, 6.45) is 7.38. The van der Waals surface area contributed by atoms with Crippen molar-refractivity contribution in [1.29, 1.82) is 0 Å². The van der Waals surface area contributed by atoms with Crippen molar-refractivity contribution in [3.8, 4) is 0 Å². The topological polar surface area (TPSA) is 46.2 Å². The average Bonchev–Trinajstić information content (AvgIpc) is 2.02. The number of fused-ring (bicyclic) bond motifs is 2. The molecule has 68 valence electrons. The number of aliphatic hydroxyl groups is 1. The van der Waals surface area contributed by atoms with E-state index in [-0.39, 0.29) is 0 Å². The first-order chi connectivity index (χ1) is 5.72. The molecule has 0 spiro atoms. The molecule has 0 aromatic carbocycles. The Labute approximate surface area is 73.5 Å². The van der Waals surface area contributed by atoms with Crippen LogP contribution in [0, 0.1) is 5.92 Å². The molecule has 12 heavy (non-hydrogen) atoms. The van der Waals surface area contributed by atoms with Gasteiger partial charge in [-0.05, 0) is 44.6 Å². The highest BCUT2D eigenvalue weighted by atomic mass is 16.3. The van der Waals surface area contributed by atoms with Gasteiger partial charge in [-0.1, -0.05) is 11.6 Å². The molecule has 0 aromatic rings. The molecule has 0 heterocycles. The zero-order valence-electron chi connectivity index (χ0n) is 7.42. The Hall–Kier alpha value is -0.340. The maximum atomic E-state index is 10.1. The first-order valence-electron chi connectivity index (χ1n) is 4.84. The van der Waals surface area contributed by atoms with Gasteiger partial charge in [0.15, 0.2) is 0 Å². The van der Waals surface area contributed by atoms with Gasteiger partial charge >= 0.3 is 0 Å². The quantitative estimate of drug-likeness (QED) is 0.576. The Morgan fingerprint density at radius 2 is 2.50 bits per heavy atom. The van der Waals surface area contributed by atoms with E-state index < -0.39 is 5.60 Å². The summed E-state index contributed by atoms with van der Waals surface area (Å²) in [6, 6.07) is 0. The third-order valence-corrected chi connectivity index (χ3v) is 3.11. The van der Waals surface area contributed by atoms with Gasteiger partial charge in [-0.25, -0.2) is 0 Å². The highest BCUT2D eigenvalue weighted by Gasteiger charge is 2.36. The lowest BCUT2D eigenvalue weighted by Crippen LogP contribution is -2.39. The van der Waals surface area contributed by atoms with Gasteiger partial charge in [0.2, 0.25) is 0 Å². The normalized spacial score (nSPS) is 40.8. The van der Waals surface area contributed by atoms with E-state index in [0.717, 1.165) is 25.7 Å². The molecule has 2 aliphatic rings. The second-order valence-corrected chi connectivity index (χ2v) is 4.28. The number of hydrogen-bond donors (Lipinski definition) is 2. The van der Waals surface area contributed by atoms with Crippen molar-refractivity contribution < 1.29 is 5.11 Å². The van der Waals surface area contributed by atoms with Crippen LogP contribution in [0.3, 0.4) is 0 Å². The summed E-state index contributed by atoms with van der Waals surface area (Å²) in [5.74, 6) is 0.430. The lowest BCUT2D eigenvalue weighted by molar-refractivity contribution is -0.00473. The third-order valence-electron chi connectivity index (χ3n) is 3.11. The van der Waals surface area contributed by atoms with Crippen molar-refractivity contribution >= 4 is 0 Å². The molecule has 0 radical (unpaired) electrons. The Balaban J connectivity index is 2.19. The van der Waals surface area contributed by atoms with Crippen molar-refractivity contribution in [2.75, 3.05) is 6.54 Å². The SMILES string of the molecule is NCC1C=C2CCCC(O)(C2)C1. The smallest absolute Gasteiger partial charge is 0.0690 e. The molecule has 2 heteroatoms. The first kappa shape index (κ1) is 8.27. The van der Waals surface area contributed by atoms with E-state index in [4.69, 9.17) is 5.73 Å².